The number of rotatable bonds is 6. The highest BCUT2D eigenvalue weighted by molar-refractivity contribution is 5.99. The summed E-state index contributed by atoms with van der Waals surface area (Å²) >= 11 is 0. The molecule has 2 amide bonds. The molecule has 144 valence electrons. The molecule has 0 aliphatic heterocycles. The Bertz CT molecular complexity index is 861. The van der Waals surface area contributed by atoms with E-state index in [2.05, 4.69) is 10.6 Å². The van der Waals surface area contributed by atoms with Crippen molar-refractivity contribution in [2.45, 2.75) is 37.8 Å². The third-order valence-corrected chi connectivity index (χ3v) is 5.82. The minimum absolute atomic E-state index is 0.0701. The number of amides is 2. The summed E-state index contributed by atoms with van der Waals surface area (Å²) in [5, 5.41) is 15.9. The number of benzene rings is 1. The fourth-order valence-electron chi connectivity index (χ4n) is 4.44. The lowest BCUT2D eigenvalue weighted by molar-refractivity contribution is -0.124. The van der Waals surface area contributed by atoms with Gasteiger partial charge >= 0.3 is 0 Å². The van der Waals surface area contributed by atoms with Gasteiger partial charge in [-0.2, -0.15) is 0 Å². The van der Waals surface area contributed by atoms with Crippen LogP contribution in [0, 0.1) is 11.8 Å². The number of carbonyl (C=O) groups is 2. The first-order valence-corrected chi connectivity index (χ1v) is 9.37. The van der Waals surface area contributed by atoms with E-state index >= 15 is 0 Å². The SMILES string of the molecule is COc1cccc2cc(C(=O)N[C@@H](CO)C(=O)NC3CC4CCC3C4)oc12. The molecular weight excluding hydrogens is 348 g/mol. The van der Waals surface area contributed by atoms with Crippen molar-refractivity contribution in [3.8, 4) is 5.75 Å². The van der Waals surface area contributed by atoms with E-state index < -0.39 is 18.6 Å². The fraction of sp³-hybridized carbons (Fsp3) is 0.500. The van der Waals surface area contributed by atoms with Crippen LogP contribution in [0.15, 0.2) is 28.7 Å². The normalized spacial score (nSPS) is 24.7. The number of aliphatic hydroxyl groups excluding tert-OH is 1. The summed E-state index contributed by atoms with van der Waals surface area (Å²) in [6.07, 6.45) is 4.55. The quantitative estimate of drug-likeness (QED) is 0.718. The number of carbonyl (C=O) groups excluding carboxylic acids is 2. The Labute approximate surface area is 157 Å². The van der Waals surface area contributed by atoms with Gasteiger partial charge in [-0.3, -0.25) is 9.59 Å². The number of nitrogens with one attached hydrogen (secondary N) is 2. The van der Waals surface area contributed by atoms with Crippen LogP contribution >= 0.6 is 0 Å². The molecule has 1 aromatic carbocycles. The van der Waals surface area contributed by atoms with Crippen LogP contribution in [0.5, 0.6) is 5.75 Å². The zero-order valence-corrected chi connectivity index (χ0v) is 15.2. The topological polar surface area (TPSA) is 101 Å². The molecule has 2 fully saturated rings. The fourth-order valence-corrected chi connectivity index (χ4v) is 4.44. The Hall–Kier alpha value is -2.54. The predicted octanol–water partition coefficient (Wildman–Crippen LogP) is 1.84. The smallest absolute Gasteiger partial charge is 0.287 e. The molecule has 7 heteroatoms. The molecule has 27 heavy (non-hydrogen) atoms. The molecule has 1 aromatic heterocycles. The summed E-state index contributed by atoms with van der Waals surface area (Å²) in [5.41, 5.74) is 0.470. The van der Waals surface area contributed by atoms with Crippen LogP contribution in [0.2, 0.25) is 0 Å². The number of methoxy groups -OCH3 is 1. The summed E-state index contributed by atoms with van der Waals surface area (Å²) < 4.78 is 10.8. The molecular formula is C20H24N2O5. The van der Waals surface area contributed by atoms with Crippen LogP contribution in [-0.4, -0.2) is 42.7 Å². The van der Waals surface area contributed by atoms with Crippen molar-refractivity contribution in [3.05, 3.63) is 30.0 Å². The van der Waals surface area contributed by atoms with Gasteiger partial charge in [-0.15, -0.1) is 0 Å². The lowest BCUT2D eigenvalue weighted by atomic mass is 9.95. The van der Waals surface area contributed by atoms with Gasteiger partial charge in [-0.1, -0.05) is 18.6 Å². The number of fused-ring (bicyclic) bond motifs is 3. The van der Waals surface area contributed by atoms with Gasteiger partial charge in [0.05, 0.1) is 13.7 Å². The first kappa shape index (κ1) is 17.9. The Balaban J connectivity index is 1.43. The number of hydrogen-bond acceptors (Lipinski definition) is 5. The second-order valence-corrected chi connectivity index (χ2v) is 7.49. The minimum atomic E-state index is -1.01. The zero-order valence-electron chi connectivity index (χ0n) is 15.2. The average molecular weight is 372 g/mol. The van der Waals surface area contributed by atoms with Crippen molar-refractivity contribution in [1.29, 1.82) is 0 Å². The van der Waals surface area contributed by atoms with Gasteiger partial charge in [-0.05, 0) is 43.2 Å². The molecule has 4 rings (SSSR count). The van der Waals surface area contributed by atoms with Crippen molar-refractivity contribution >= 4 is 22.8 Å². The monoisotopic (exact) mass is 372 g/mol. The summed E-state index contributed by atoms with van der Waals surface area (Å²) in [6, 6.07) is 6.09. The number of ether oxygens (including phenoxy) is 1. The number of aliphatic hydroxyl groups is 1. The lowest BCUT2D eigenvalue weighted by Crippen LogP contribution is -2.52. The minimum Gasteiger partial charge on any atom is -0.493 e. The van der Waals surface area contributed by atoms with E-state index in [1.807, 2.05) is 6.07 Å². The molecule has 2 aliphatic carbocycles. The Morgan fingerprint density at radius 1 is 1.33 bits per heavy atom. The lowest BCUT2D eigenvalue weighted by Gasteiger charge is -2.25. The van der Waals surface area contributed by atoms with Gasteiger partial charge in [0.15, 0.2) is 17.1 Å². The van der Waals surface area contributed by atoms with Gasteiger partial charge in [0, 0.05) is 11.4 Å². The van der Waals surface area contributed by atoms with Crippen LogP contribution in [-0.2, 0) is 4.79 Å². The Kier molecular flexibility index (Phi) is 4.78. The predicted molar refractivity (Wildman–Crippen MR) is 98.5 cm³/mol. The highest BCUT2D eigenvalue weighted by Crippen LogP contribution is 2.44. The molecule has 1 heterocycles. The van der Waals surface area contributed by atoms with Crippen LogP contribution in [0.25, 0.3) is 11.0 Å². The maximum Gasteiger partial charge on any atom is 0.287 e. The molecule has 7 nitrogen and oxygen atoms in total. The highest BCUT2D eigenvalue weighted by atomic mass is 16.5. The zero-order chi connectivity index (χ0) is 19.0. The molecule has 2 aliphatic rings. The largest absolute Gasteiger partial charge is 0.493 e. The molecule has 2 saturated carbocycles. The van der Waals surface area contributed by atoms with Crippen LogP contribution in [0.3, 0.4) is 0 Å². The Morgan fingerprint density at radius 3 is 2.85 bits per heavy atom. The second-order valence-electron chi connectivity index (χ2n) is 7.49. The number of furan rings is 1. The van der Waals surface area contributed by atoms with Crippen molar-refractivity contribution in [2.24, 2.45) is 11.8 Å². The van der Waals surface area contributed by atoms with Gasteiger partial charge < -0.3 is 24.9 Å². The van der Waals surface area contributed by atoms with E-state index in [1.165, 1.54) is 20.0 Å². The third-order valence-electron chi connectivity index (χ3n) is 5.82. The molecule has 3 unspecified atom stereocenters. The van der Waals surface area contributed by atoms with Gasteiger partial charge in [-0.25, -0.2) is 0 Å². The third kappa shape index (κ3) is 3.39. The summed E-state index contributed by atoms with van der Waals surface area (Å²) in [4.78, 5) is 25.0. The molecule has 2 aromatic rings. The summed E-state index contributed by atoms with van der Waals surface area (Å²) in [6.45, 7) is -0.470. The van der Waals surface area contributed by atoms with Crippen LogP contribution in [0.4, 0.5) is 0 Å². The molecule has 0 radical (unpaired) electrons. The van der Waals surface area contributed by atoms with E-state index in [9.17, 15) is 14.7 Å². The van der Waals surface area contributed by atoms with E-state index in [1.54, 1.807) is 18.2 Å². The van der Waals surface area contributed by atoms with E-state index in [0.29, 0.717) is 23.2 Å². The highest BCUT2D eigenvalue weighted by Gasteiger charge is 2.40. The van der Waals surface area contributed by atoms with E-state index in [-0.39, 0.29) is 17.7 Å². The first-order valence-electron chi connectivity index (χ1n) is 9.37. The maximum absolute atomic E-state index is 12.5. The standard InChI is InChI=1S/C20H24N2O5/c1-26-16-4-2-3-13-9-17(27-18(13)16)20(25)22-15(10-23)19(24)21-14-8-11-5-6-12(14)7-11/h2-4,9,11-12,14-15,23H,5-8,10H2,1H3,(H,21,24)(H,22,25)/t11?,12?,14?,15-/m0/s1. The van der Waals surface area contributed by atoms with Gasteiger partial charge in [0.25, 0.3) is 5.91 Å². The Morgan fingerprint density at radius 2 is 2.19 bits per heavy atom. The summed E-state index contributed by atoms with van der Waals surface area (Å²) in [7, 11) is 1.53. The van der Waals surface area contributed by atoms with Gasteiger partial charge in [0.1, 0.15) is 6.04 Å². The molecule has 2 bridgehead atoms. The number of para-hydroxylation sites is 1. The first-order chi connectivity index (χ1) is 13.1. The van der Waals surface area contributed by atoms with E-state index in [4.69, 9.17) is 9.15 Å². The maximum atomic E-state index is 12.5. The average Bonchev–Trinajstić information content (AvgIpc) is 3.40. The van der Waals surface area contributed by atoms with Crippen molar-refractivity contribution in [2.75, 3.05) is 13.7 Å². The molecule has 4 atom stereocenters. The molecule has 0 spiro atoms. The molecule has 3 N–H and O–H groups in total. The van der Waals surface area contributed by atoms with Crippen LogP contribution in [0.1, 0.15) is 36.2 Å². The van der Waals surface area contributed by atoms with Crippen molar-refractivity contribution in [3.63, 3.8) is 0 Å². The summed E-state index contributed by atoms with van der Waals surface area (Å²) in [5.74, 6) is 0.928. The number of hydrogen-bond donors (Lipinski definition) is 3. The van der Waals surface area contributed by atoms with Crippen LogP contribution < -0.4 is 15.4 Å². The molecule has 0 saturated heterocycles. The van der Waals surface area contributed by atoms with Gasteiger partial charge in [0.2, 0.25) is 5.91 Å². The van der Waals surface area contributed by atoms with E-state index in [0.717, 1.165) is 18.2 Å². The van der Waals surface area contributed by atoms with Crippen molar-refractivity contribution < 1.29 is 23.8 Å². The second kappa shape index (κ2) is 7.23. The van der Waals surface area contributed by atoms with Crippen molar-refractivity contribution in [1.82, 2.24) is 10.6 Å².